The predicted molar refractivity (Wildman–Crippen MR) is 67.4 cm³/mol. The summed E-state index contributed by atoms with van der Waals surface area (Å²) >= 11 is 0. The highest BCUT2D eigenvalue weighted by molar-refractivity contribution is 5.82. The molecule has 0 saturated carbocycles. The quantitative estimate of drug-likeness (QED) is 0.647. The second-order valence-electron chi connectivity index (χ2n) is 3.64. The summed E-state index contributed by atoms with van der Waals surface area (Å²) in [6.45, 7) is 0. The molecule has 2 rings (SSSR count). The molecule has 1 aromatic carbocycles. The number of anilines is 1. The maximum atomic E-state index is 13.8. The van der Waals surface area contributed by atoms with E-state index in [9.17, 15) is 9.18 Å². The second kappa shape index (κ2) is 4.68. The van der Waals surface area contributed by atoms with Crippen molar-refractivity contribution in [2.24, 2.45) is 0 Å². The number of hydrogen-bond donors (Lipinski definition) is 1. The molecule has 0 radical (unpaired) electrons. The Morgan fingerprint density at radius 3 is 2.83 bits per heavy atom. The first-order valence-corrected chi connectivity index (χ1v) is 5.14. The Morgan fingerprint density at radius 2 is 2.17 bits per heavy atom. The van der Waals surface area contributed by atoms with Gasteiger partial charge >= 0.3 is 0 Å². The van der Waals surface area contributed by atoms with Crippen LogP contribution in [0.2, 0.25) is 0 Å². The molecule has 0 saturated heterocycles. The number of halogens is 1. The summed E-state index contributed by atoms with van der Waals surface area (Å²) in [6.07, 6.45) is 5.76. The van der Waals surface area contributed by atoms with Gasteiger partial charge in [-0.25, -0.2) is 9.37 Å². The third-order valence-electron chi connectivity index (χ3n) is 2.45. The number of carbonyl (C=O) groups excluding carboxylic acids is 1. The number of aromatic nitrogens is 1. The maximum absolute atomic E-state index is 13.8. The molecule has 0 aliphatic carbocycles. The van der Waals surface area contributed by atoms with Gasteiger partial charge in [-0.15, -0.1) is 6.42 Å². The van der Waals surface area contributed by atoms with E-state index in [2.05, 4.69) is 10.9 Å². The predicted octanol–water partition coefficient (Wildman–Crippen LogP) is 2.26. The van der Waals surface area contributed by atoms with Crippen LogP contribution in [0, 0.1) is 18.2 Å². The zero-order valence-corrected chi connectivity index (χ0v) is 9.35. The molecule has 18 heavy (non-hydrogen) atoms. The SMILES string of the molecule is C#Cc1cccc(-c2nc(C=O)c(N)cc2F)c1. The summed E-state index contributed by atoms with van der Waals surface area (Å²) in [5, 5.41) is 0. The molecular weight excluding hydrogens is 231 g/mol. The molecule has 88 valence electrons. The van der Waals surface area contributed by atoms with Crippen LogP contribution in [-0.2, 0) is 0 Å². The van der Waals surface area contributed by atoms with Crippen molar-refractivity contribution in [2.75, 3.05) is 5.73 Å². The van der Waals surface area contributed by atoms with Crippen LogP contribution in [0.15, 0.2) is 30.3 Å². The smallest absolute Gasteiger partial charge is 0.170 e. The van der Waals surface area contributed by atoms with Crippen LogP contribution in [0.4, 0.5) is 10.1 Å². The minimum absolute atomic E-state index is 0.0116. The van der Waals surface area contributed by atoms with E-state index >= 15 is 0 Å². The number of nitrogens with zero attached hydrogens (tertiary/aromatic N) is 1. The van der Waals surface area contributed by atoms with E-state index in [-0.39, 0.29) is 17.1 Å². The Morgan fingerprint density at radius 1 is 1.39 bits per heavy atom. The van der Waals surface area contributed by atoms with Crippen molar-refractivity contribution in [1.82, 2.24) is 4.98 Å². The fourth-order valence-electron chi connectivity index (χ4n) is 1.57. The van der Waals surface area contributed by atoms with Gasteiger partial charge in [0.1, 0.15) is 11.4 Å². The van der Waals surface area contributed by atoms with Gasteiger partial charge < -0.3 is 5.73 Å². The van der Waals surface area contributed by atoms with E-state index in [4.69, 9.17) is 12.2 Å². The van der Waals surface area contributed by atoms with Crippen molar-refractivity contribution in [3.63, 3.8) is 0 Å². The number of rotatable bonds is 2. The van der Waals surface area contributed by atoms with Crippen LogP contribution in [-0.4, -0.2) is 11.3 Å². The zero-order chi connectivity index (χ0) is 13.1. The number of benzene rings is 1. The van der Waals surface area contributed by atoms with Crippen LogP contribution in [0.25, 0.3) is 11.3 Å². The number of pyridine rings is 1. The third kappa shape index (κ3) is 2.06. The lowest BCUT2D eigenvalue weighted by Crippen LogP contribution is -2.01. The average Bonchev–Trinajstić information content (AvgIpc) is 2.39. The van der Waals surface area contributed by atoms with Gasteiger partial charge in [-0.2, -0.15) is 0 Å². The molecule has 0 spiro atoms. The third-order valence-corrected chi connectivity index (χ3v) is 2.45. The standard InChI is InChI=1S/C14H9FN2O/c1-2-9-4-3-5-10(6-9)14-11(15)7-12(16)13(8-18)17-14/h1,3-8H,16H2. The van der Waals surface area contributed by atoms with Gasteiger partial charge in [0.05, 0.1) is 5.69 Å². The minimum atomic E-state index is -0.590. The zero-order valence-electron chi connectivity index (χ0n) is 9.35. The Bertz CT molecular complexity index is 659. The van der Waals surface area contributed by atoms with E-state index in [0.29, 0.717) is 17.4 Å². The lowest BCUT2D eigenvalue weighted by molar-refractivity contribution is 0.112. The molecule has 2 N–H and O–H groups in total. The molecule has 2 aromatic rings. The van der Waals surface area contributed by atoms with Gasteiger partial charge in [0.25, 0.3) is 0 Å². The first-order chi connectivity index (χ1) is 8.65. The van der Waals surface area contributed by atoms with Crippen molar-refractivity contribution in [3.05, 3.63) is 47.4 Å². The van der Waals surface area contributed by atoms with Crippen molar-refractivity contribution in [3.8, 4) is 23.6 Å². The summed E-state index contributed by atoms with van der Waals surface area (Å²) in [5.41, 5.74) is 6.67. The van der Waals surface area contributed by atoms with Crippen molar-refractivity contribution >= 4 is 12.0 Å². The summed E-state index contributed by atoms with van der Waals surface area (Å²) in [7, 11) is 0. The highest BCUT2D eigenvalue weighted by Crippen LogP contribution is 2.24. The van der Waals surface area contributed by atoms with E-state index < -0.39 is 5.82 Å². The van der Waals surface area contributed by atoms with E-state index in [1.54, 1.807) is 24.3 Å². The highest BCUT2D eigenvalue weighted by atomic mass is 19.1. The molecule has 0 aliphatic heterocycles. The Balaban J connectivity index is 2.63. The van der Waals surface area contributed by atoms with Gasteiger partial charge in [0.15, 0.2) is 12.1 Å². The number of hydrogen-bond acceptors (Lipinski definition) is 3. The van der Waals surface area contributed by atoms with Crippen LogP contribution in [0.5, 0.6) is 0 Å². The first kappa shape index (κ1) is 11.8. The minimum Gasteiger partial charge on any atom is -0.397 e. The fourth-order valence-corrected chi connectivity index (χ4v) is 1.57. The van der Waals surface area contributed by atoms with Crippen LogP contribution >= 0.6 is 0 Å². The van der Waals surface area contributed by atoms with E-state index in [0.717, 1.165) is 6.07 Å². The summed E-state index contributed by atoms with van der Waals surface area (Å²) in [5.74, 6) is 1.86. The average molecular weight is 240 g/mol. The summed E-state index contributed by atoms with van der Waals surface area (Å²) in [4.78, 5) is 14.6. The number of nitrogens with two attached hydrogens (primary N) is 1. The van der Waals surface area contributed by atoms with Gasteiger partial charge in [0.2, 0.25) is 0 Å². The molecule has 0 aliphatic rings. The molecule has 0 bridgehead atoms. The molecule has 3 nitrogen and oxygen atoms in total. The Labute approximate surface area is 103 Å². The monoisotopic (exact) mass is 240 g/mol. The van der Waals surface area contributed by atoms with Gasteiger partial charge in [0, 0.05) is 17.2 Å². The molecule has 1 aromatic heterocycles. The van der Waals surface area contributed by atoms with Gasteiger partial charge in [-0.05, 0) is 12.1 Å². The van der Waals surface area contributed by atoms with Crippen molar-refractivity contribution in [1.29, 1.82) is 0 Å². The molecule has 0 amide bonds. The lowest BCUT2D eigenvalue weighted by Gasteiger charge is -2.06. The molecule has 0 unspecified atom stereocenters. The molecule has 4 heteroatoms. The number of terminal acetylenes is 1. The number of carbonyl (C=O) groups is 1. The Kier molecular flexibility index (Phi) is 3.07. The largest absolute Gasteiger partial charge is 0.397 e. The molecular formula is C14H9FN2O. The van der Waals surface area contributed by atoms with Crippen molar-refractivity contribution in [2.45, 2.75) is 0 Å². The van der Waals surface area contributed by atoms with Crippen molar-refractivity contribution < 1.29 is 9.18 Å². The van der Waals surface area contributed by atoms with Crippen LogP contribution in [0.1, 0.15) is 16.1 Å². The topological polar surface area (TPSA) is 56.0 Å². The highest BCUT2D eigenvalue weighted by Gasteiger charge is 2.11. The van der Waals surface area contributed by atoms with Crippen LogP contribution < -0.4 is 5.73 Å². The summed E-state index contributed by atoms with van der Waals surface area (Å²) < 4.78 is 13.8. The van der Waals surface area contributed by atoms with E-state index in [1.807, 2.05) is 0 Å². The molecule has 0 fully saturated rings. The number of aldehydes is 1. The van der Waals surface area contributed by atoms with Crippen LogP contribution in [0.3, 0.4) is 0 Å². The normalized spacial score (nSPS) is 9.78. The van der Waals surface area contributed by atoms with E-state index in [1.165, 1.54) is 0 Å². The Hall–Kier alpha value is -2.67. The first-order valence-electron chi connectivity index (χ1n) is 5.14. The molecule has 0 atom stereocenters. The van der Waals surface area contributed by atoms with Gasteiger partial charge in [-0.3, -0.25) is 4.79 Å². The van der Waals surface area contributed by atoms with Gasteiger partial charge in [-0.1, -0.05) is 18.1 Å². The number of nitrogen functional groups attached to an aromatic ring is 1. The fraction of sp³-hybridized carbons (Fsp3) is 0. The maximum Gasteiger partial charge on any atom is 0.170 e. The summed E-state index contributed by atoms with van der Waals surface area (Å²) in [6, 6.07) is 7.78. The second-order valence-corrected chi connectivity index (χ2v) is 3.64. The molecule has 1 heterocycles. The lowest BCUT2D eigenvalue weighted by atomic mass is 10.1.